The fraction of sp³-hybridized carbons (Fsp3) is 0.367. The van der Waals surface area contributed by atoms with Crippen LogP contribution in [0.3, 0.4) is 0 Å². The lowest BCUT2D eigenvalue weighted by Gasteiger charge is -2.44. The highest BCUT2D eigenvalue weighted by Gasteiger charge is 2.33. The monoisotopic (exact) mass is 845 g/mol. The Hall–Kier alpha value is -5.74. The van der Waals surface area contributed by atoms with Gasteiger partial charge in [0.05, 0.1) is 12.1 Å². The maximum absolute atomic E-state index is 2.83. The van der Waals surface area contributed by atoms with Crippen molar-refractivity contribution < 1.29 is 0 Å². The third kappa shape index (κ3) is 9.53. The van der Waals surface area contributed by atoms with E-state index in [0.717, 1.165) is 32.1 Å². The molecule has 0 aromatic heterocycles. The molecule has 7 atom stereocenters. The molecule has 0 radical (unpaired) electrons. The molecule has 7 unspecified atom stereocenters. The summed E-state index contributed by atoms with van der Waals surface area (Å²) < 4.78 is 0. The fourth-order valence-electron chi connectivity index (χ4n) is 11.8. The molecule has 6 aliphatic carbocycles. The van der Waals surface area contributed by atoms with Gasteiger partial charge in [-0.3, -0.25) is 0 Å². The number of benzene rings is 4. The first-order valence-electron chi connectivity index (χ1n) is 24.9. The van der Waals surface area contributed by atoms with Crippen molar-refractivity contribution in [2.24, 2.45) is 11.8 Å². The average molecular weight is 845 g/mol. The van der Waals surface area contributed by atoms with Crippen LogP contribution in [-0.2, 0) is 0 Å². The average Bonchev–Trinajstić information content (AvgIpc) is 3.38. The van der Waals surface area contributed by atoms with E-state index in [1.54, 1.807) is 5.70 Å². The number of nitrogens with zero attached hydrogens (tertiary/aromatic N) is 4. The first kappa shape index (κ1) is 42.2. The Labute approximate surface area is 384 Å². The van der Waals surface area contributed by atoms with E-state index in [0.29, 0.717) is 42.0 Å². The van der Waals surface area contributed by atoms with Gasteiger partial charge < -0.3 is 19.6 Å². The molecule has 0 N–H and O–H groups in total. The van der Waals surface area contributed by atoms with Gasteiger partial charge in [0.2, 0.25) is 0 Å². The number of hydrogen-bond acceptors (Lipinski definition) is 4. The molecule has 4 heteroatoms. The van der Waals surface area contributed by atoms with E-state index in [4.69, 9.17) is 0 Å². The first-order valence-corrected chi connectivity index (χ1v) is 24.9. The molecular weight excluding hydrogens is 777 g/mol. The minimum Gasteiger partial charge on any atom is -0.365 e. The highest BCUT2D eigenvalue weighted by molar-refractivity contribution is 5.71. The van der Waals surface area contributed by atoms with Crippen molar-refractivity contribution in [3.63, 3.8) is 0 Å². The summed E-state index contributed by atoms with van der Waals surface area (Å²) in [5.41, 5.74) is 9.36. The largest absolute Gasteiger partial charge is 0.365 e. The molecule has 4 aromatic carbocycles. The van der Waals surface area contributed by atoms with Crippen LogP contribution >= 0.6 is 0 Å². The van der Waals surface area contributed by atoms with E-state index < -0.39 is 0 Å². The van der Waals surface area contributed by atoms with Crippen molar-refractivity contribution in [2.75, 3.05) is 14.7 Å². The van der Waals surface area contributed by atoms with Crippen LogP contribution in [0.1, 0.15) is 96.3 Å². The molecule has 64 heavy (non-hydrogen) atoms. The summed E-state index contributed by atoms with van der Waals surface area (Å²) in [6.45, 7) is 0. The van der Waals surface area contributed by atoms with Gasteiger partial charge in [0, 0.05) is 58.0 Å². The van der Waals surface area contributed by atoms with E-state index in [-0.39, 0.29) is 0 Å². The van der Waals surface area contributed by atoms with Gasteiger partial charge in [-0.05, 0) is 181 Å². The summed E-state index contributed by atoms with van der Waals surface area (Å²) >= 11 is 0. The van der Waals surface area contributed by atoms with E-state index >= 15 is 0 Å². The minimum atomic E-state index is 0.308. The van der Waals surface area contributed by atoms with Crippen LogP contribution in [0.15, 0.2) is 200 Å². The quantitative estimate of drug-likeness (QED) is 0.124. The Balaban J connectivity index is 0.854. The standard InChI is InChI=1S/C60H68N4/c1-7-19-49(20-8-1)61(50-21-9-2-10-22-50)57-39-43-59(44-40-57)63(53-27-15-5-16-28-53)55-35-31-47(32-36-55)48-33-37-56(38-34-48)64(54-29-17-6-18-30-54)60-45-41-58(42-46-60)62(51-23-11-3-12-24-51)52-25-13-4-14-26-52/h1-3,5-9,11,13,15-20,25,27-31,33,35,37,39-41,43-45,47-48,50-52,55-56H,4,10,12,14,21-24,26,32,34,36,38,42,46H2. The van der Waals surface area contributed by atoms with Crippen molar-refractivity contribution in [3.05, 3.63) is 200 Å². The van der Waals surface area contributed by atoms with E-state index in [9.17, 15) is 0 Å². The number of anilines is 5. The molecule has 0 amide bonds. The summed E-state index contributed by atoms with van der Waals surface area (Å²) in [6, 6.07) is 44.9. The van der Waals surface area contributed by atoms with Crippen molar-refractivity contribution in [1.82, 2.24) is 4.90 Å². The Kier molecular flexibility index (Phi) is 13.5. The van der Waals surface area contributed by atoms with Gasteiger partial charge in [-0.2, -0.15) is 0 Å². The van der Waals surface area contributed by atoms with Crippen molar-refractivity contribution in [3.8, 4) is 0 Å². The molecule has 6 aliphatic rings. The normalized spacial score (nSPS) is 26.5. The lowest BCUT2D eigenvalue weighted by molar-refractivity contribution is 0.180. The highest BCUT2D eigenvalue weighted by atomic mass is 15.2. The second-order valence-corrected chi connectivity index (χ2v) is 19.0. The van der Waals surface area contributed by atoms with E-state index in [1.165, 1.54) is 98.3 Å². The van der Waals surface area contributed by atoms with Crippen LogP contribution in [0.2, 0.25) is 0 Å². The first-order chi connectivity index (χ1) is 31.8. The molecule has 0 aliphatic heterocycles. The Morgan fingerprint density at radius 3 is 1.34 bits per heavy atom. The van der Waals surface area contributed by atoms with Crippen molar-refractivity contribution in [2.45, 2.75) is 127 Å². The zero-order valence-electron chi connectivity index (χ0n) is 37.8. The Morgan fingerprint density at radius 1 is 0.344 bits per heavy atom. The second-order valence-electron chi connectivity index (χ2n) is 19.0. The Morgan fingerprint density at radius 2 is 0.844 bits per heavy atom. The molecule has 0 saturated heterocycles. The molecular formula is C60H68N4. The van der Waals surface area contributed by atoms with Crippen LogP contribution in [0.5, 0.6) is 0 Å². The van der Waals surface area contributed by atoms with Gasteiger partial charge in [-0.25, -0.2) is 0 Å². The number of hydrogen-bond donors (Lipinski definition) is 0. The third-order valence-corrected chi connectivity index (χ3v) is 15.0. The summed E-state index contributed by atoms with van der Waals surface area (Å²) in [7, 11) is 0. The van der Waals surface area contributed by atoms with Gasteiger partial charge in [0.1, 0.15) is 0 Å². The number of rotatable bonds is 13. The number of allylic oxidation sites excluding steroid dienone is 9. The summed E-state index contributed by atoms with van der Waals surface area (Å²) in [5, 5.41) is 0. The SMILES string of the molecule is C1=CC(N(C2=CC=C(N(c3ccccc3)C3C=CC(C4C=CC(N(c5ccccc5)c5ccc(N(c6ccccc6)C6CC=CCC6)cc5)CC4)CC3)CC2)C2CC=CCC2)CCC1. The second kappa shape index (κ2) is 20.4. The van der Waals surface area contributed by atoms with Crippen LogP contribution in [0, 0.1) is 11.8 Å². The zero-order valence-corrected chi connectivity index (χ0v) is 37.8. The molecule has 0 spiro atoms. The molecule has 328 valence electrons. The lowest BCUT2D eigenvalue weighted by atomic mass is 9.77. The van der Waals surface area contributed by atoms with Gasteiger partial charge in [0.25, 0.3) is 0 Å². The van der Waals surface area contributed by atoms with Gasteiger partial charge in [-0.1, -0.05) is 115 Å². The zero-order chi connectivity index (χ0) is 42.9. The molecule has 0 bridgehead atoms. The maximum atomic E-state index is 2.83. The third-order valence-electron chi connectivity index (χ3n) is 15.0. The molecule has 0 heterocycles. The number of para-hydroxylation sites is 3. The van der Waals surface area contributed by atoms with Crippen molar-refractivity contribution in [1.29, 1.82) is 0 Å². The lowest BCUT2D eigenvalue weighted by Crippen LogP contribution is -2.43. The minimum absolute atomic E-state index is 0.308. The van der Waals surface area contributed by atoms with Crippen molar-refractivity contribution >= 4 is 28.4 Å². The predicted octanol–water partition coefficient (Wildman–Crippen LogP) is 15.3. The fourth-order valence-corrected chi connectivity index (χ4v) is 11.8. The smallest absolute Gasteiger partial charge is 0.0522 e. The molecule has 0 fully saturated rings. The molecule has 10 rings (SSSR count). The topological polar surface area (TPSA) is 13.0 Å². The van der Waals surface area contributed by atoms with Gasteiger partial charge in [-0.15, -0.1) is 0 Å². The predicted molar refractivity (Wildman–Crippen MR) is 271 cm³/mol. The van der Waals surface area contributed by atoms with Crippen LogP contribution in [-0.4, -0.2) is 35.1 Å². The highest BCUT2D eigenvalue weighted by Crippen LogP contribution is 2.42. The van der Waals surface area contributed by atoms with Crippen LogP contribution < -0.4 is 14.7 Å². The molecule has 4 aromatic rings. The summed E-state index contributed by atoms with van der Waals surface area (Å²) in [4.78, 5) is 10.6. The van der Waals surface area contributed by atoms with Crippen LogP contribution in [0.25, 0.3) is 0 Å². The maximum Gasteiger partial charge on any atom is 0.0522 e. The van der Waals surface area contributed by atoms with E-state index in [1.807, 2.05) is 0 Å². The van der Waals surface area contributed by atoms with E-state index in [2.05, 4.69) is 208 Å². The molecule has 0 saturated carbocycles. The Bertz CT molecular complexity index is 2340. The molecule has 4 nitrogen and oxygen atoms in total. The summed E-state index contributed by atoms with van der Waals surface area (Å²) in [5.74, 6) is 1.14. The summed E-state index contributed by atoms with van der Waals surface area (Å²) in [6.07, 6.45) is 47.4. The van der Waals surface area contributed by atoms with Gasteiger partial charge >= 0.3 is 0 Å². The van der Waals surface area contributed by atoms with Gasteiger partial charge in [0.15, 0.2) is 0 Å². The van der Waals surface area contributed by atoms with Crippen LogP contribution in [0.4, 0.5) is 28.4 Å².